The summed E-state index contributed by atoms with van der Waals surface area (Å²) in [5.74, 6) is 0.127. The number of aliphatic hydroxyl groups excluding tert-OH is 2. The second kappa shape index (κ2) is 27.0. The highest BCUT2D eigenvalue weighted by atomic mass is 16.7. The zero-order chi connectivity index (χ0) is 50.8. The van der Waals surface area contributed by atoms with Crippen molar-refractivity contribution in [3.05, 3.63) is 139 Å². The molecule has 0 radical (unpaired) electrons. The molecule has 3 aliphatic rings. The number of benzene rings is 5. The number of unbranched alkanes of at least 4 members (excludes halogenated alkanes) is 11. The summed E-state index contributed by atoms with van der Waals surface area (Å²) in [5, 5.41) is 29.5. The highest BCUT2D eigenvalue weighted by Crippen LogP contribution is 2.62. The lowest BCUT2D eigenvalue weighted by Crippen LogP contribution is -2.70. The van der Waals surface area contributed by atoms with E-state index in [9.17, 15) is 10.2 Å². The minimum atomic E-state index is -1.43. The monoisotopic (exact) mass is 993 g/mol. The Morgan fingerprint density at radius 1 is 0.767 bits per heavy atom. The van der Waals surface area contributed by atoms with Gasteiger partial charge < -0.3 is 34.0 Å². The van der Waals surface area contributed by atoms with Gasteiger partial charge in [0.15, 0.2) is 0 Å². The van der Waals surface area contributed by atoms with E-state index < -0.39 is 23.8 Å². The molecule has 10 nitrogen and oxygen atoms in total. The number of ether oxygens (including phenoxy) is 4. The van der Waals surface area contributed by atoms with Crippen LogP contribution >= 0.6 is 0 Å². The van der Waals surface area contributed by atoms with Gasteiger partial charge in [0.2, 0.25) is 5.79 Å². The predicted octanol–water partition coefficient (Wildman–Crippen LogP) is 15.0. The Balaban J connectivity index is 1.23. The molecule has 2 N–H and O–H groups in total. The van der Waals surface area contributed by atoms with E-state index in [1.165, 1.54) is 44.9 Å². The minimum absolute atomic E-state index is 0.0613. The quantitative estimate of drug-likeness (QED) is 0.0276. The number of hydrogen-bond donors (Lipinski definition) is 2. The fourth-order valence-corrected chi connectivity index (χ4v) is 12.0. The topological polar surface area (TPSA) is 119 Å². The number of aliphatic hydroxyl groups is 2. The molecule has 1 amide bonds. The van der Waals surface area contributed by atoms with Crippen LogP contribution in [0.4, 0.5) is 4.79 Å². The zero-order valence-corrected chi connectivity index (χ0v) is 43.6. The molecule has 1 saturated carbocycles. The summed E-state index contributed by atoms with van der Waals surface area (Å²) < 4.78 is 28.0. The molecule has 73 heavy (non-hydrogen) atoms. The summed E-state index contributed by atoms with van der Waals surface area (Å²) in [6.07, 6.45) is 20.5. The van der Waals surface area contributed by atoms with Crippen LogP contribution in [0.25, 0.3) is 21.5 Å². The van der Waals surface area contributed by atoms with Crippen molar-refractivity contribution in [3.63, 3.8) is 0 Å². The fraction of sp³-hybridized carbons (Fsp3) is 0.492. The molecular weight excluding hydrogens is 913 g/mol. The molecular formula is C63H80N2O8. The summed E-state index contributed by atoms with van der Waals surface area (Å²) in [6.45, 7) is 9.61. The number of allylic oxidation sites excluding steroid dienone is 1. The molecule has 1 aliphatic heterocycles. The molecule has 0 spiro atoms. The zero-order valence-electron chi connectivity index (χ0n) is 43.6. The molecule has 6 atom stereocenters. The molecule has 2 aliphatic carbocycles. The van der Waals surface area contributed by atoms with Gasteiger partial charge in [0.25, 0.3) is 0 Å². The van der Waals surface area contributed by atoms with Crippen LogP contribution in [-0.4, -0.2) is 71.8 Å². The highest BCUT2D eigenvalue weighted by Gasteiger charge is 2.65. The van der Waals surface area contributed by atoms with Crippen molar-refractivity contribution >= 4 is 33.3 Å². The van der Waals surface area contributed by atoms with E-state index in [2.05, 4.69) is 80.2 Å². The van der Waals surface area contributed by atoms with Gasteiger partial charge in [-0.2, -0.15) is 0 Å². The van der Waals surface area contributed by atoms with Crippen LogP contribution in [-0.2, 0) is 20.9 Å². The molecule has 0 bridgehead atoms. The van der Waals surface area contributed by atoms with E-state index in [1.54, 1.807) is 6.08 Å². The van der Waals surface area contributed by atoms with Crippen molar-refractivity contribution < 1.29 is 38.8 Å². The van der Waals surface area contributed by atoms with Crippen LogP contribution in [0.15, 0.2) is 133 Å². The molecule has 0 aromatic heterocycles. The normalized spacial score (nSPS) is 21.5. The lowest BCUT2D eigenvalue weighted by Gasteiger charge is -2.59. The SMILES string of the molecule is C=CCOC12Oc3ccc(Oc4ccc5ccccc5c4)cc3C3C(CCCCO)C(CCCCO)C=C(C(=NOCC)CC1N(Cc1cccc4ccccc14)C(=O)OCCCCCCCCCCCC)C32. The van der Waals surface area contributed by atoms with Gasteiger partial charge in [0, 0.05) is 31.1 Å². The standard InChI is InChI=1S/C63H80N2O8/c1-4-7-8-9-10-11-12-13-14-23-40-69-62(68)65(45-50-30-24-29-47-26-17-18-31-53(47)50)59-44-57(64-71-6-3)55-42-49(28-19-21-37-66)54(32-20-22-38-67)60-56-43-52(72-51-34-33-46-25-15-16-27-48(46)41-51)35-36-58(56)73-63(59,61(55)60)70-39-5-2/h5,15-18,24-27,29-31,33-36,41-43,49,54,59-61,66-67H,2,4,6-14,19-23,28,32,37-40,44-45H2,1,3H3. The smallest absolute Gasteiger partial charge is 0.410 e. The van der Waals surface area contributed by atoms with Gasteiger partial charge in [-0.05, 0) is 114 Å². The fourth-order valence-electron chi connectivity index (χ4n) is 12.0. The van der Waals surface area contributed by atoms with Crippen LogP contribution in [0.3, 0.4) is 0 Å². The maximum absolute atomic E-state index is 15.3. The maximum atomic E-state index is 15.3. The van der Waals surface area contributed by atoms with Crippen LogP contribution in [0.1, 0.15) is 140 Å². The molecule has 10 heteroatoms. The predicted molar refractivity (Wildman–Crippen MR) is 293 cm³/mol. The second-order valence-corrected chi connectivity index (χ2v) is 20.4. The first-order valence-corrected chi connectivity index (χ1v) is 27.7. The first kappa shape index (κ1) is 53.6. The highest BCUT2D eigenvalue weighted by molar-refractivity contribution is 6.03. The average Bonchev–Trinajstić information content (AvgIpc) is 3.41. The van der Waals surface area contributed by atoms with Gasteiger partial charge >= 0.3 is 6.09 Å². The number of carbonyl (C=O) groups excluding carboxylic acids is 1. The molecule has 8 rings (SSSR count). The summed E-state index contributed by atoms with van der Waals surface area (Å²) in [7, 11) is 0. The molecule has 5 aromatic rings. The molecule has 6 unspecified atom stereocenters. The van der Waals surface area contributed by atoms with Crippen molar-refractivity contribution in [2.24, 2.45) is 22.9 Å². The first-order chi connectivity index (χ1) is 35.9. The third kappa shape index (κ3) is 13.0. The van der Waals surface area contributed by atoms with Gasteiger partial charge in [0.1, 0.15) is 29.9 Å². The van der Waals surface area contributed by atoms with E-state index in [1.807, 2.05) is 54.3 Å². The summed E-state index contributed by atoms with van der Waals surface area (Å²) in [5.41, 5.74) is 3.71. The summed E-state index contributed by atoms with van der Waals surface area (Å²) >= 11 is 0. The van der Waals surface area contributed by atoms with Crippen molar-refractivity contribution in [2.75, 3.05) is 33.0 Å². The Morgan fingerprint density at radius 2 is 1.45 bits per heavy atom. The van der Waals surface area contributed by atoms with Gasteiger partial charge in [-0.1, -0.05) is 168 Å². The molecule has 0 saturated heterocycles. The number of carbonyl (C=O) groups is 1. The van der Waals surface area contributed by atoms with Crippen molar-refractivity contribution in [1.82, 2.24) is 4.90 Å². The average molecular weight is 993 g/mol. The van der Waals surface area contributed by atoms with E-state index >= 15 is 4.79 Å². The van der Waals surface area contributed by atoms with E-state index in [0.717, 1.165) is 94.7 Å². The van der Waals surface area contributed by atoms with Gasteiger partial charge in [-0.15, -0.1) is 6.58 Å². The number of hydrogen-bond acceptors (Lipinski definition) is 9. The third-order valence-corrected chi connectivity index (χ3v) is 15.5. The van der Waals surface area contributed by atoms with Crippen LogP contribution < -0.4 is 9.47 Å². The Morgan fingerprint density at radius 3 is 2.21 bits per heavy atom. The van der Waals surface area contributed by atoms with Gasteiger partial charge in [-0.25, -0.2) is 4.79 Å². The lowest BCUT2D eigenvalue weighted by atomic mass is 9.55. The van der Waals surface area contributed by atoms with E-state index in [4.69, 9.17) is 28.9 Å². The van der Waals surface area contributed by atoms with Gasteiger partial charge in [0.05, 0.1) is 31.4 Å². The number of oxime groups is 1. The Bertz CT molecular complexity index is 2620. The van der Waals surface area contributed by atoms with Crippen LogP contribution in [0.2, 0.25) is 0 Å². The molecule has 5 aromatic carbocycles. The third-order valence-electron chi connectivity index (χ3n) is 15.5. The van der Waals surface area contributed by atoms with Crippen LogP contribution in [0, 0.1) is 17.8 Å². The Kier molecular flexibility index (Phi) is 19.8. The molecule has 1 heterocycles. The van der Waals surface area contributed by atoms with Gasteiger partial charge in [-0.3, -0.25) is 4.90 Å². The number of fused-ring (bicyclic) bond motifs is 4. The number of amides is 1. The van der Waals surface area contributed by atoms with Crippen molar-refractivity contribution in [3.8, 4) is 17.2 Å². The van der Waals surface area contributed by atoms with E-state index in [-0.39, 0.29) is 50.5 Å². The van der Waals surface area contributed by atoms with Crippen LogP contribution in [0.5, 0.6) is 17.2 Å². The van der Waals surface area contributed by atoms with Crippen molar-refractivity contribution in [1.29, 1.82) is 0 Å². The maximum Gasteiger partial charge on any atom is 0.410 e. The lowest BCUT2D eigenvalue weighted by molar-refractivity contribution is -0.256. The number of rotatable bonds is 29. The Hall–Kier alpha value is -5.68. The Labute approximate surface area is 434 Å². The van der Waals surface area contributed by atoms with E-state index in [0.29, 0.717) is 37.6 Å². The first-order valence-electron chi connectivity index (χ1n) is 27.7. The number of nitrogens with zero attached hydrogens (tertiary/aromatic N) is 2. The van der Waals surface area contributed by atoms with Crippen molar-refractivity contribution in [2.45, 2.75) is 147 Å². The largest absolute Gasteiger partial charge is 0.459 e. The summed E-state index contributed by atoms with van der Waals surface area (Å²) in [4.78, 5) is 23.2. The summed E-state index contributed by atoms with van der Waals surface area (Å²) in [6, 6.07) is 34.3. The minimum Gasteiger partial charge on any atom is -0.459 e. The molecule has 1 fully saturated rings. The second-order valence-electron chi connectivity index (χ2n) is 20.4. The molecule has 390 valence electrons.